The zero-order valence-electron chi connectivity index (χ0n) is 14.0. The summed E-state index contributed by atoms with van der Waals surface area (Å²) < 4.78 is 6.47. The number of anilines is 1. The van der Waals surface area contributed by atoms with Crippen LogP contribution in [-0.4, -0.2) is 47.7 Å². The van der Waals surface area contributed by atoms with E-state index in [-0.39, 0.29) is 11.2 Å². The molecule has 0 radical (unpaired) electrons. The molecule has 1 aliphatic heterocycles. The van der Waals surface area contributed by atoms with Crippen molar-refractivity contribution >= 4 is 5.82 Å². The van der Waals surface area contributed by atoms with Crippen LogP contribution in [0.1, 0.15) is 5.56 Å². The monoisotopic (exact) mass is 330 g/mol. The molecular formula is C17H22N4O3. The molecule has 1 aliphatic rings. The first-order chi connectivity index (χ1) is 11.6. The molecule has 128 valence electrons. The van der Waals surface area contributed by atoms with Gasteiger partial charge >= 0.3 is 5.69 Å². The van der Waals surface area contributed by atoms with Gasteiger partial charge in [-0.1, -0.05) is 18.2 Å². The fourth-order valence-corrected chi connectivity index (χ4v) is 2.94. The number of aromatic amines is 1. The lowest BCUT2D eigenvalue weighted by Crippen LogP contribution is -2.47. The van der Waals surface area contributed by atoms with Gasteiger partial charge in [0, 0.05) is 51.4 Å². The Morgan fingerprint density at radius 2 is 1.83 bits per heavy atom. The van der Waals surface area contributed by atoms with Gasteiger partial charge in [0.1, 0.15) is 11.6 Å². The van der Waals surface area contributed by atoms with Crippen molar-refractivity contribution in [2.45, 2.75) is 6.54 Å². The minimum Gasteiger partial charge on any atom is -0.496 e. The van der Waals surface area contributed by atoms with Crippen LogP contribution in [0.2, 0.25) is 0 Å². The number of nitrogens with zero attached hydrogens (tertiary/aromatic N) is 3. The molecule has 24 heavy (non-hydrogen) atoms. The largest absolute Gasteiger partial charge is 0.496 e. The lowest BCUT2D eigenvalue weighted by molar-refractivity contribution is 0.245. The van der Waals surface area contributed by atoms with Gasteiger partial charge in [-0.25, -0.2) is 4.79 Å². The van der Waals surface area contributed by atoms with Crippen LogP contribution in [0.3, 0.4) is 0 Å². The predicted octanol–water partition coefficient (Wildman–Crippen LogP) is 0.404. The number of rotatable bonds is 4. The van der Waals surface area contributed by atoms with Crippen molar-refractivity contribution in [3.63, 3.8) is 0 Å². The molecule has 1 aromatic heterocycles. The molecule has 0 atom stereocenters. The van der Waals surface area contributed by atoms with E-state index in [1.807, 2.05) is 23.1 Å². The second kappa shape index (κ2) is 6.92. The molecule has 0 unspecified atom stereocenters. The van der Waals surface area contributed by atoms with E-state index in [9.17, 15) is 9.59 Å². The first-order valence-electron chi connectivity index (χ1n) is 7.98. The predicted molar refractivity (Wildman–Crippen MR) is 92.8 cm³/mol. The average molecular weight is 330 g/mol. The number of aromatic nitrogens is 2. The van der Waals surface area contributed by atoms with Crippen molar-refractivity contribution in [3.05, 3.63) is 56.7 Å². The Bertz CT molecular complexity index is 788. The van der Waals surface area contributed by atoms with E-state index in [2.05, 4.69) is 16.0 Å². The van der Waals surface area contributed by atoms with Crippen molar-refractivity contribution in [2.75, 3.05) is 38.2 Å². The number of benzene rings is 1. The van der Waals surface area contributed by atoms with Crippen LogP contribution in [0, 0.1) is 0 Å². The van der Waals surface area contributed by atoms with E-state index in [0.29, 0.717) is 5.82 Å². The Balaban J connectivity index is 1.66. The molecule has 7 heteroatoms. The minimum atomic E-state index is -0.381. The summed E-state index contributed by atoms with van der Waals surface area (Å²) in [6, 6.07) is 9.50. The highest BCUT2D eigenvalue weighted by Crippen LogP contribution is 2.20. The van der Waals surface area contributed by atoms with E-state index in [0.717, 1.165) is 48.6 Å². The summed E-state index contributed by atoms with van der Waals surface area (Å²) in [5, 5.41) is 0. The summed E-state index contributed by atoms with van der Waals surface area (Å²) in [5.74, 6) is 1.50. The van der Waals surface area contributed by atoms with Crippen LogP contribution >= 0.6 is 0 Å². The van der Waals surface area contributed by atoms with Gasteiger partial charge in [-0.3, -0.25) is 19.2 Å². The number of para-hydroxylation sites is 1. The van der Waals surface area contributed by atoms with Gasteiger partial charge in [-0.2, -0.15) is 0 Å². The van der Waals surface area contributed by atoms with Crippen LogP contribution in [0.15, 0.2) is 39.9 Å². The van der Waals surface area contributed by atoms with Crippen molar-refractivity contribution in [2.24, 2.45) is 7.05 Å². The minimum absolute atomic E-state index is 0.287. The summed E-state index contributed by atoms with van der Waals surface area (Å²) in [6.07, 6.45) is 0. The number of hydrogen-bond acceptors (Lipinski definition) is 5. The molecule has 0 amide bonds. The molecule has 0 saturated carbocycles. The van der Waals surface area contributed by atoms with Gasteiger partial charge in [0.25, 0.3) is 5.56 Å². The average Bonchev–Trinajstić information content (AvgIpc) is 2.60. The first-order valence-corrected chi connectivity index (χ1v) is 7.98. The molecule has 1 aromatic carbocycles. The van der Waals surface area contributed by atoms with Crippen LogP contribution in [0.4, 0.5) is 5.82 Å². The molecule has 1 saturated heterocycles. The number of nitrogens with one attached hydrogen (secondary N) is 1. The van der Waals surface area contributed by atoms with Crippen LogP contribution in [0.25, 0.3) is 0 Å². The molecule has 1 N–H and O–H groups in total. The molecule has 2 aromatic rings. The Hall–Kier alpha value is -2.54. The Morgan fingerprint density at radius 3 is 2.50 bits per heavy atom. The number of methoxy groups -OCH3 is 1. The van der Waals surface area contributed by atoms with Crippen molar-refractivity contribution in [3.8, 4) is 5.75 Å². The molecule has 3 rings (SSSR count). The summed E-state index contributed by atoms with van der Waals surface area (Å²) in [6.45, 7) is 4.06. The lowest BCUT2D eigenvalue weighted by atomic mass is 10.1. The Kier molecular flexibility index (Phi) is 4.71. The van der Waals surface area contributed by atoms with Gasteiger partial charge in [-0.15, -0.1) is 0 Å². The lowest BCUT2D eigenvalue weighted by Gasteiger charge is -2.35. The highest BCUT2D eigenvalue weighted by molar-refractivity contribution is 5.37. The van der Waals surface area contributed by atoms with E-state index < -0.39 is 0 Å². The normalized spacial score (nSPS) is 15.5. The molecule has 0 spiro atoms. The first kappa shape index (κ1) is 16.3. The van der Waals surface area contributed by atoms with Gasteiger partial charge in [0.15, 0.2) is 0 Å². The smallest absolute Gasteiger partial charge is 0.329 e. The van der Waals surface area contributed by atoms with E-state index >= 15 is 0 Å². The molecule has 2 heterocycles. The molecule has 7 nitrogen and oxygen atoms in total. The topological polar surface area (TPSA) is 70.6 Å². The standard InChI is InChI=1S/C17H22N4O3/c1-19-16(22)11-15(18-17(19)23)21-9-7-20(8-10-21)12-13-5-3-4-6-14(13)24-2/h3-6,11H,7-10,12H2,1-2H3,(H,18,23). The Labute approximate surface area is 140 Å². The highest BCUT2D eigenvalue weighted by atomic mass is 16.5. The fourth-order valence-electron chi connectivity index (χ4n) is 2.94. The highest BCUT2D eigenvalue weighted by Gasteiger charge is 2.19. The van der Waals surface area contributed by atoms with Gasteiger partial charge in [0.05, 0.1) is 7.11 Å². The van der Waals surface area contributed by atoms with Crippen LogP contribution in [-0.2, 0) is 13.6 Å². The summed E-state index contributed by atoms with van der Waals surface area (Å²) in [5.41, 5.74) is 0.495. The maximum absolute atomic E-state index is 11.8. The Morgan fingerprint density at radius 1 is 1.12 bits per heavy atom. The van der Waals surface area contributed by atoms with E-state index in [4.69, 9.17) is 4.74 Å². The van der Waals surface area contributed by atoms with Crippen molar-refractivity contribution in [1.82, 2.24) is 14.5 Å². The zero-order chi connectivity index (χ0) is 17.1. The maximum atomic E-state index is 11.8. The second-order valence-corrected chi connectivity index (χ2v) is 5.93. The second-order valence-electron chi connectivity index (χ2n) is 5.93. The fraction of sp³-hybridized carbons (Fsp3) is 0.412. The number of ether oxygens (including phenoxy) is 1. The van der Waals surface area contributed by atoms with Crippen molar-refractivity contribution in [1.29, 1.82) is 0 Å². The molecule has 0 aliphatic carbocycles. The SMILES string of the molecule is COc1ccccc1CN1CCN(c2cc(=O)n(C)c(=O)[nH]2)CC1. The van der Waals surface area contributed by atoms with Gasteiger partial charge in [0.2, 0.25) is 0 Å². The molecule has 0 bridgehead atoms. The van der Waals surface area contributed by atoms with Crippen LogP contribution in [0.5, 0.6) is 5.75 Å². The summed E-state index contributed by atoms with van der Waals surface area (Å²) >= 11 is 0. The number of H-pyrrole nitrogens is 1. The third-order valence-corrected chi connectivity index (χ3v) is 4.43. The summed E-state index contributed by atoms with van der Waals surface area (Å²) in [7, 11) is 3.15. The third-order valence-electron chi connectivity index (χ3n) is 4.43. The molecular weight excluding hydrogens is 308 g/mol. The van der Waals surface area contributed by atoms with E-state index in [1.54, 1.807) is 7.11 Å². The number of piperazine rings is 1. The number of hydrogen-bond donors (Lipinski definition) is 1. The summed E-state index contributed by atoms with van der Waals surface area (Å²) in [4.78, 5) is 30.7. The quantitative estimate of drug-likeness (QED) is 0.879. The van der Waals surface area contributed by atoms with Gasteiger partial charge in [-0.05, 0) is 6.07 Å². The van der Waals surface area contributed by atoms with Crippen LogP contribution < -0.4 is 20.9 Å². The van der Waals surface area contributed by atoms with E-state index in [1.165, 1.54) is 13.1 Å². The van der Waals surface area contributed by atoms with Crippen molar-refractivity contribution < 1.29 is 4.74 Å². The molecule has 1 fully saturated rings. The zero-order valence-corrected chi connectivity index (χ0v) is 14.0. The third kappa shape index (κ3) is 3.35. The maximum Gasteiger partial charge on any atom is 0.329 e. The van der Waals surface area contributed by atoms with Gasteiger partial charge < -0.3 is 9.64 Å².